The van der Waals surface area contributed by atoms with Gasteiger partial charge in [-0.15, -0.1) is 12.4 Å². The van der Waals surface area contributed by atoms with Crippen molar-refractivity contribution in [1.29, 1.82) is 0 Å². The van der Waals surface area contributed by atoms with Gasteiger partial charge in [-0.25, -0.2) is 8.42 Å². The first-order chi connectivity index (χ1) is 11.1. The molecule has 1 fully saturated rings. The average molecular weight is 369 g/mol. The van der Waals surface area contributed by atoms with Crippen molar-refractivity contribution in [1.82, 2.24) is 5.32 Å². The molecule has 0 amide bonds. The van der Waals surface area contributed by atoms with Gasteiger partial charge in [-0.3, -0.25) is 4.72 Å². The number of piperidine rings is 1. The highest BCUT2D eigenvalue weighted by Gasteiger charge is 2.15. The van der Waals surface area contributed by atoms with Crippen LogP contribution in [0.3, 0.4) is 0 Å². The van der Waals surface area contributed by atoms with Gasteiger partial charge < -0.3 is 10.1 Å². The van der Waals surface area contributed by atoms with E-state index >= 15 is 0 Å². The molecule has 0 unspecified atom stereocenters. The van der Waals surface area contributed by atoms with Crippen LogP contribution in [0.5, 0.6) is 5.75 Å². The van der Waals surface area contributed by atoms with Crippen LogP contribution in [-0.2, 0) is 10.0 Å². The van der Waals surface area contributed by atoms with Crippen molar-refractivity contribution >= 4 is 28.1 Å². The number of halogens is 1. The second kappa shape index (κ2) is 8.37. The predicted octanol–water partition coefficient (Wildman–Crippen LogP) is 3.04. The molecule has 0 spiro atoms. The first-order valence-corrected chi connectivity index (χ1v) is 9.17. The average Bonchev–Trinajstić information content (AvgIpc) is 2.58. The van der Waals surface area contributed by atoms with Crippen LogP contribution in [-0.4, -0.2) is 27.6 Å². The highest BCUT2D eigenvalue weighted by molar-refractivity contribution is 7.92. The molecule has 2 aromatic rings. The van der Waals surface area contributed by atoms with E-state index in [-0.39, 0.29) is 23.4 Å². The third kappa shape index (κ3) is 4.87. The van der Waals surface area contributed by atoms with Crippen LogP contribution in [0.15, 0.2) is 59.5 Å². The normalized spacial score (nSPS) is 15.3. The Kier molecular flexibility index (Phi) is 6.48. The number of anilines is 1. The van der Waals surface area contributed by atoms with Crippen LogP contribution in [0, 0.1) is 0 Å². The van der Waals surface area contributed by atoms with Crippen LogP contribution in [0.25, 0.3) is 0 Å². The monoisotopic (exact) mass is 368 g/mol. The molecule has 5 nitrogen and oxygen atoms in total. The zero-order chi connectivity index (χ0) is 16.1. The molecule has 0 atom stereocenters. The lowest BCUT2D eigenvalue weighted by Crippen LogP contribution is -2.34. The molecule has 0 radical (unpaired) electrons. The lowest BCUT2D eigenvalue weighted by molar-refractivity contribution is 0.162. The number of rotatable bonds is 5. The van der Waals surface area contributed by atoms with Gasteiger partial charge in [0, 0.05) is 5.69 Å². The van der Waals surface area contributed by atoms with Crippen LogP contribution < -0.4 is 14.8 Å². The van der Waals surface area contributed by atoms with Crippen LogP contribution >= 0.6 is 12.4 Å². The Labute approximate surface area is 148 Å². The van der Waals surface area contributed by atoms with Gasteiger partial charge >= 0.3 is 0 Å². The number of hydrogen-bond donors (Lipinski definition) is 2. The predicted molar refractivity (Wildman–Crippen MR) is 97.5 cm³/mol. The first kappa shape index (κ1) is 18.6. The summed E-state index contributed by atoms with van der Waals surface area (Å²) in [7, 11) is -3.55. The van der Waals surface area contributed by atoms with Crippen LogP contribution in [0.4, 0.5) is 5.69 Å². The first-order valence-electron chi connectivity index (χ1n) is 7.69. The zero-order valence-corrected chi connectivity index (χ0v) is 14.8. The molecule has 3 rings (SSSR count). The van der Waals surface area contributed by atoms with E-state index in [0.717, 1.165) is 31.7 Å². The molecule has 2 aromatic carbocycles. The fourth-order valence-electron chi connectivity index (χ4n) is 2.52. The molecule has 1 heterocycles. The summed E-state index contributed by atoms with van der Waals surface area (Å²) in [5, 5.41) is 3.29. The Morgan fingerprint density at radius 3 is 2.21 bits per heavy atom. The van der Waals surface area contributed by atoms with E-state index in [9.17, 15) is 8.42 Å². The van der Waals surface area contributed by atoms with Gasteiger partial charge in [-0.2, -0.15) is 0 Å². The van der Waals surface area contributed by atoms with Crippen molar-refractivity contribution in [3.63, 3.8) is 0 Å². The Morgan fingerprint density at radius 2 is 1.58 bits per heavy atom. The van der Waals surface area contributed by atoms with Gasteiger partial charge in [0.2, 0.25) is 0 Å². The second-order valence-corrected chi connectivity index (χ2v) is 7.19. The van der Waals surface area contributed by atoms with Gasteiger partial charge in [0.15, 0.2) is 0 Å². The summed E-state index contributed by atoms with van der Waals surface area (Å²) in [6.07, 6.45) is 2.20. The summed E-state index contributed by atoms with van der Waals surface area (Å²) in [5.41, 5.74) is 0.520. The Hall–Kier alpha value is -1.76. The molecule has 24 heavy (non-hydrogen) atoms. The molecule has 0 aliphatic carbocycles. The maximum atomic E-state index is 12.3. The smallest absolute Gasteiger partial charge is 0.261 e. The van der Waals surface area contributed by atoms with Crippen molar-refractivity contribution in [2.75, 3.05) is 17.8 Å². The summed E-state index contributed by atoms with van der Waals surface area (Å²) < 4.78 is 33.0. The molecule has 0 bridgehead atoms. The van der Waals surface area contributed by atoms with E-state index in [1.54, 1.807) is 54.6 Å². The number of ether oxygens (including phenoxy) is 1. The minimum Gasteiger partial charge on any atom is -0.490 e. The third-order valence-corrected chi connectivity index (χ3v) is 5.15. The Morgan fingerprint density at radius 1 is 0.958 bits per heavy atom. The second-order valence-electron chi connectivity index (χ2n) is 5.51. The zero-order valence-electron chi connectivity index (χ0n) is 13.1. The Bertz CT molecular complexity index is 730. The molecule has 2 N–H and O–H groups in total. The lowest BCUT2D eigenvalue weighted by Gasteiger charge is -2.23. The SMILES string of the molecule is Cl.O=S(=O)(Nc1ccc(OC2CCNCC2)cc1)c1ccccc1. The molecule has 0 saturated carbocycles. The van der Waals surface area contributed by atoms with Gasteiger partial charge in [-0.1, -0.05) is 18.2 Å². The number of hydrogen-bond acceptors (Lipinski definition) is 4. The van der Waals surface area contributed by atoms with E-state index in [1.807, 2.05) is 0 Å². The molecule has 7 heteroatoms. The van der Waals surface area contributed by atoms with Crippen LogP contribution in [0.2, 0.25) is 0 Å². The van der Waals surface area contributed by atoms with Crippen LogP contribution in [0.1, 0.15) is 12.8 Å². The number of nitrogens with one attached hydrogen (secondary N) is 2. The van der Waals surface area contributed by atoms with Crippen molar-refractivity contribution in [3.05, 3.63) is 54.6 Å². The van der Waals surface area contributed by atoms with Crippen molar-refractivity contribution in [3.8, 4) is 5.75 Å². The topological polar surface area (TPSA) is 67.4 Å². The minimum atomic E-state index is -3.55. The molecule has 130 valence electrons. The maximum Gasteiger partial charge on any atom is 0.261 e. The molecule has 1 aliphatic rings. The van der Waals surface area contributed by atoms with Crippen molar-refractivity contribution < 1.29 is 13.2 Å². The summed E-state index contributed by atoms with van der Waals surface area (Å²) in [5.74, 6) is 0.763. The van der Waals surface area contributed by atoms with Gasteiger partial charge in [0.25, 0.3) is 10.0 Å². The van der Waals surface area contributed by atoms with E-state index in [2.05, 4.69) is 10.0 Å². The van der Waals surface area contributed by atoms with E-state index < -0.39 is 10.0 Å². The molecular formula is C17H21ClN2O3S. The van der Waals surface area contributed by atoms with Crippen molar-refractivity contribution in [2.45, 2.75) is 23.8 Å². The third-order valence-electron chi connectivity index (χ3n) is 3.75. The lowest BCUT2D eigenvalue weighted by atomic mass is 10.1. The molecule has 1 aliphatic heterocycles. The fourth-order valence-corrected chi connectivity index (χ4v) is 3.60. The van der Waals surface area contributed by atoms with Gasteiger partial charge in [0.1, 0.15) is 11.9 Å². The summed E-state index contributed by atoms with van der Waals surface area (Å²) in [4.78, 5) is 0.245. The summed E-state index contributed by atoms with van der Waals surface area (Å²) >= 11 is 0. The van der Waals surface area contributed by atoms with E-state index in [0.29, 0.717) is 5.69 Å². The summed E-state index contributed by atoms with van der Waals surface area (Å²) in [6.45, 7) is 1.94. The van der Waals surface area contributed by atoms with E-state index in [1.165, 1.54) is 0 Å². The molecule has 0 aromatic heterocycles. The Balaban J connectivity index is 0.00000208. The minimum absolute atomic E-state index is 0. The standard InChI is InChI=1S/C17H20N2O3S.ClH/c20-23(21,17-4-2-1-3-5-17)19-14-6-8-15(9-7-14)22-16-10-12-18-13-11-16;/h1-9,16,18-19H,10-13H2;1H. The highest BCUT2D eigenvalue weighted by Crippen LogP contribution is 2.21. The molecule has 1 saturated heterocycles. The number of sulfonamides is 1. The van der Waals surface area contributed by atoms with Gasteiger partial charge in [-0.05, 0) is 62.3 Å². The molecular weight excluding hydrogens is 348 g/mol. The largest absolute Gasteiger partial charge is 0.490 e. The van der Waals surface area contributed by atoms with E-state index in [4.69, 9.17) is 4.74 Å². The maximum absolute atomic E-state index is 12.3. The number of benzene rings is 2. The van der Waals surface area contributed by atoms with Crippen molar-refractivity contribution in [2.24, 2.45) is 0 Å². The fraction of sp³-hybridized carbons (Fsp3) is 0.294. The quantitative estimate of drug-likeness (QED) is 0.851. The van der Waals surface area contributed by atoms with Gasteiger partial charge in [0.05, 0.1) is 4.90 Å². The highest BCUT2D eigenvalue weighted by atomic mass is 35.5. The summed E-state index contributed by atoms with van der Waals surface area (Å²) in [6, 6.07) is 15.3.